The van der Waals surface area contributed by atoms with Crippen LogP contribution in [0.4, 0.5) is 0 Å². The quantitative estimate of drug-likeness (QED) is 0.786. The molecular weight excluding hydrogens is 246 g/mol. The van der Waals surface area contributed by atoms with Gasteiger partial charge in [0, 0.05) is 24.4 Å². The van der Waals surface area contributed by atoms with Crippen molar-refractivity contribution < 1.29 is 4.79 Å². The van der Waals surface area contributed by atoms with Gasteiger partial charge in [-0.2, -0.15) is 0 Å². The van der Waals surface area contributed by atoms with Crippen molar-refractivity contribution in [2.45, 2.75) is 20.3 Å². The van der Waals surface area contributed by atoms with Gasteiger partial charge in [0.25, 0.3) is 0 Å². The first-order valence-corrected chi connectivity index (χ1v) is 6.14. The maximum Gasteiger partial charge on any atom is 0.168 e. The van der Waals surface area contributed by atoms with Gasteiger partial charge in [0.05, 0.1) is 5.02 Å². The van der Waals surface area contributed by atoms with E-state index in [0.717, 1.165) is 16.7 Å². The van der Waals surface area contributed by atoms with E-state index in [1.807, 2.05) is 32.0 Å². The van der Waals surface area contributed by atoms with E-state index in [9.17, 15) is 4.79 Å². The number of rotatable bonds is 3. The molecule has 1 aromatic heterocycles. The van der Waals surface area contributed by atoms with Crippen LogP contribution in [-0.4, -0.2) is 10.8 Å². The smallest absolute Gasteiger partial charge is 0.168 e. The van der Waals surface area contributed by atoms with Crippen LogP contribution in [0.15, 0.2) is 36.7 Å². The van der Waals surface area contributed by atoms with Gasteiger partial charge in [0.2, 0.25) is 0 Å². The van der Waals surface area contributed by atoms with Crippen LogP contribution in [0.3, 0.4) is 0 Å². The van der Waals surface area contributed by atoms with Gasteiger partial charge in [-0.15, -0.1) is 0 Å². The maximum absolute atomic E-state index is 12.2. The van der Waals surface area contributed by atoms with E-state index >= 15 is 0 Å². The average Bonchev–Trinajstić information content (AvgIpc) is 2.34. The molecule has 0 N–H and O–H groups in total. The summed E-state index contributed by atoms with van der Waals surface area (Å²) in [5.74, 6) is 0.0242. The van der Waals surface area contributed by atoms with Crippen molar-refractivity contribution in [3.8, 4) is 0 Å². The van der Waals surface area contributed by atoms with Gasteiger partial charge in [0.1, 0.15) is 0 Å². The molecule has 0 aliphatic rings. The van der Waals surface area contributed by atoms with Gasteiger partial charge >= 0.3 is 0 Å². The second-order valence-corrected chi connectivity index (χ2v) is 4.79. The zero-order chi connectivity index (χ0) is 13.1. The Hall–Kier alpha value is -1.67. The number of aryl methyl sites for hydroxylation is 2. The molecule has 2 aromatic rings. The third-order valence-corrected chi connectivity index (χ3v) is 3.23. The van der Waals surface area contributed by atoms with Gasteiger partial charge in [-0.1, -0.05) is 35.4 Å². The van der Waals surface area contributed by atoms with Crippen LogP contribution in [0.25, 0.3) is 0 Å². The number of carbonyl (C=O) groups excluding carboxylic acids is 1. The molecule has 0 aliphatic heterocycles. The molecule has 0 amide bonds. The fourth-order valence-corrected chi connectivity index (χ4v) is 2.08. The molecule has 0 fully saturated rings. The number of aromatic nitrogens is 1. The molecule has 0 atom stereocenters. The molecule has 0 saturated carbocycles. The zero-order valence-corrected chi connectivity index (χ0v) is 11.2. The lowest BCUT2D eigenvalue weighted by molar-refractivity contribution is 0.0993. The van der Waals surface area contributed by atoms with Crippen LogP contribution in [0.5, 0.6) is 0 Å². The molecule has 0 aliphatic carbocycles. The third-order valence-electron chi connectivity index (χ3n) is 2.93. The van der Waals surface area contributed by atoms with Gasteiger partial charge in [-0.3, -0.25) is 9.78 Å². The zero-order valence-electron chi connectivity index (χ0n) is 10.4. The number of nitrogens with zero attached hydrogens (tertiary/aromatic N) is 1. The number of hydrogen-bond acceptors (Lipinski definition) is 2. The lowest BCUT2D eigenvalue weighted by atomic mass is 9.98. The monoisotopic (exact) mass is 259 g/mol. The summed E-state index contributed by atoms with van der Waals surface area (Å²) in [6.45, 7) is 4.03. The van der Waals surface area contributed by atoms with Gasteiger partial charge in [-0.05, 0) is 31.0 Å². The second kappa shape index (κ2) is 5.32. The SMILES string of the molecule is Cc1ccc(C)c(CC(=O)c2ccncc2Cl)c1. The van der Waals surface area contributed by atoms with Crippen molar-refractivity contribution in [2.75, 3.05) is 0 Å². The standard InChI is InChI=1S/C15H14ClNO/c1-10-3-4-11(2)12(7-10)8-15(18)13-5-6-17-9-14(13)16/h3-7,9H,8H2,1-2H3. The van der Waals surface area contributed by atoms with Crippen LogP contribution in [0, 0.1) is 13.8 Å². The number of benzene rings is 1. The summed E-state index contributed by atoms with van der Waals surface area (Å²) in [4.78, 5) is 16.1. The van der Waals surface area contributed by atoms with Gasteiger partial charge < -0.3 is 0 Å². The molecule has 2 rings (SSSR count). The van der Waals surface area contributed by atoms with Crippen molar-refractivity contribution in [3.63, 3.8) is 0 Å². The Balaban J connectivity index is 2.27. The summed E-state index contributed by atoms with van der Waals surface area (Å²) in [6, 6.07) is 7.78. The largest absolute Gasteiger partial charge is 0.294 e. The number of ketones is 1. The van der Waals surface area contributed by atoms with Crippen molar-refractivity contribution in [3.05, 3.63) is 63.9 Å². The van der Waals surface area contributed by atoms with Crippen molar-refractivity contribution >= 4 is 17.4 Å². The topological polar surface area (TPSA) is 30.0 Å². The Morgan fingerprint density at radius 1 is 1.28 bits per heavy atom. The molecular formula is C15H14ClNO. The average molecular weight is 260 g/mol. The Labute approximate surface area is 112 Å². The highest BCUT2D eigenvalue weighted by Crippen LogP contribution is 2.18. The molecule has 1 aromatic carbocycles. The minimum Gasteiger partial charge on any atom is -0.294 e. The summed E-state index contributed by atoms with van der Waals surface area (Å²) in [7, 11) is 0. The summed E-state index contributed by atoms with van der Waals surface area (Å²) in [5, 5.41) is 0.410. The maximum atomic E-state index is 12.2. The van der Waals surface area contributed by atoms with Crippen molar-refractivity contribution in [1.29, 1.82) is 0 Å². The molecule has 0 bridgehead atoms. The third kappa shape index (κ3) is 2.77. The molecule has 0 radical (unpaired) electrons. The summed E-state index contributed by atoms with van der Waals surface area (Å²) in [5.41, 5.74) is 3.86. The first kappa shape index (κ1) is 12.8. The van der Waals surface area contributed by atoms with E-state index in [1.54, 1.807) is 12.3 Å². The van der Waals surface area contributed by atoms with Crippen LogP contribution in [0.1, 0.15) is 27.0 Å². The molecule has 92 valence electrons. The highest BCUT2D eigenvalue weighted by molar-refractivity contribution is 6.33. The fraction of sp³-hybridized carbons (Fsp3) is 0.200. The first-order valence-electron chi connectivity index (χ1n) is 5.77. The van der Waals surface area contributed by atoms with Gasteiger partial charge in [0.15, 0.2) is 5.78 Å². The Morgan fingerprint density at radius 3 is 2.78 bits per heavy atom. The number of carbonyl (C=O) groups is 1. The van der Waals surface area contributed by atoms with Crippen LogP contribution >= 0.6 is 11.6 Å². The number of hydrogen-bond donors (Lipinski definition) is 0. The lowest BCUT2D eigenvalue weighted by Gasteiger charge is -2.07. The number of halogens is 1. The number of pyridine rings is 1. The Morgan fingerprint density at radius 2 is 2.06 bits per heavy atom. The highest BCUT2D eigenvalue weighted by Gasteiger charge is 2.12. The lowest BCUT2D eigenvalue weighted by Crippen LogP contribution is -2.06. The van der Waals surface area contributed by atoms with Crippen LogP contribution < -0.4 is 0 Å². The molecule has 18 heavy (non-hydrogen) atoms. The van der Waals surface area contributed by atoms with Crippen LogP contribution in [-0.2, 0) is 6.42 Å². The highest BCUT2D eigenvalue weighted by atomic mass is 35.5. The molecule has 1 heterocycles. The summed E-state index contributed by atoms with van der Waals surface area (Å²) >= 11 is 5.97. The molecule has 0 unspecified atom stereocenters. The van der Waals surface area contributed by atoms with E-state index in [4.69, 9.17) is 11.6 Å². The molecule has 0 saturated heterocycles. The predicted octanol–water partition coefficient (Wildman–Crippen LogP) is 3.78. The Kier molecular flexibility index (Phi) is 3.78. The molecule has 0 spiro atoms. The minimum atomic E-state index is 0.0242. The second-order valence-electron chi connectivity index (χ2n) is 4.39. The number of Topliss-reactive ketones (excluding diaryl/α,β-unsaturated/α-hetero) is 1. The van der Waals surface area contributed by atoms with Crippen molar-refractivity contribution in [2.24, 2.45) is 0 Å². The predicted molar refractivity (Wildman–Crippen MR) is 73.2 cm³/mol. The van der Waals surface area contributed by atoms with E-state index in [2.05, 4.69) is 4.98 Å². The van der Waals surface area contributed by atoms with E-state index in [0.29, 0.717) is 17.0 Å². The fourth-order valence-electron chi connectivity index (χ4n) is 1.86. The summed E-state index contributed by atoms with van der Waals surface area (Å²) in [6.07, 6.45) is 3.46. The van der Waals surface area contributed by atoms with Crippen LogP contribution in [0.2, 0.25) is 5.02 Å². The van der Waals surface area contributed by atoms with Crippen molar-refractivity contribution in [1.82, 2.24) is 4.98 Å². The molecule has 2 nitrogen and oxygen atoms in total. The minimum absolute atomic E-state index is 0.0242. The van der Waals surface area contributed by atoms with E-state index in [1.165, 1.54) is 6.20 Å². The first-order chi connectivity index (χ1) is 8.58. The van der Waals surface area contributed by atoms with Gasteiger partial charge in [-0.25, -0.2) is 0 Å². The summed E-state index contributed by atoms with van der Waals surface area (Å²) < 4.78 is 0. The van der Waals surface area contributed by atoms with E-state index in [-0.39, 0.29) is 5.78 Å². The Bertz CT molecular complexity index is 593. The van der Waals surface area contributed by atoms with E-state index < -0.39 is 0 Å². The molecule has 3 heteroatoms. The normalized spacial score (nSPS) is 10.4.